The normalized spacial score (nSPS) is 3.89. The summed E-state index contributed by atoms with van der Waals surface area (Å²) in [5.41, 5.74) is 0. The molecule has 33 N–H and O–H groups in total. The van der Waals surface area contributed by atoms with Crippen LogP contribution in [0.5, 0.6) is 0 Å². The van der Waals surface area contributed by atoms with Crippen molar-refractivity contribution in [2.24, 2.45) is 0 Å². The molecule has 0 aliphatic heterocycles. The molecule has 130 valence electrons. The third-order valence-electron chi connectivity index (χ3n) is 0.672. The van der Waals surface area contributed by atoms with Crippen molar-refractivity contribution in [3.05, 3.63) is 30.1 Å². The number of hydrogen-bond acceptors (Lipinski definition) is 12. The van der Waals surface area contributed by atoms with Gasteiger partial charge in [0.25, 0.3) is 0 Å². The van der Waals surface area contributed by atoms with E-state index in [1.54, 1.807) is 0 Å². The first-order chi connectivity index (χ1) is 3.79. The van der Waals surface area contributed by atoms with E-state index in [0.717, 1.165) is 18.5 Å². The summed E-state index contributed by atoms with van der Waals surface area (Å²) in [7, 11) is 0. The molecule has 0 saturated heterocycles. The number of rotatable bonds is 0. The molecule has 1 rings (SSSR count). The molecule has 0 aliphatic carbocycles. The molecule has 14 heteroatoms. The van der Waals surface area contributed by atoms with Crippen molar-refractivity contribution in [1.82, 2.24) is 72.6 Å². The van der Waals surface area contributed by atoms with E-state index in [4.69, 9.17) is 0 Å². The van der Waals surface area contributed by atoms with Gasteiger partial charge in [0, 0.05) is 6.07 Å². The summed E-state index contributed by atoms with van der Waals surface area (Å²) in [5, 5.41) is 0. The highest BCUT2D eigenvalue weighted by Gasteiger charge is 1.89. The summed E-state index contributed by atoms with van der Waals surface area (Å²) in [4.78, 5) is 3.23. The first kappa shape index (κ1) is 112. The van der Waals surface area contributed by atoms with E-state index in [1.807, 2.05) is 0 Å². The molecular formula is C5H36F2N12. The molecule has 0 aromatic carbocycles. The molecule has 12 nitrogen and oxygen atoms in total. The minimum Gasteiger partial charge on any atom is -0.344 e. The molecule has 0 aliphatic rings. The monoisotopic (exact) mass is 302 g/mol. The van der Waals surface area contributed by atoms with Crippen LogP contribution >= 0.6 is 0 Å². The summed E-state index contributed by atoms with van der Waals surface area (Å²) in [6, 6.07) is 0.771. The molecule has 1 aromatic rings. The predicted molar refractivity (Wildman–Crippen MR) is 79.4 cm³/mol. The summed E-state index contributed by atoms with van der Waals surface area (Å²) < 4.78 is 23.7. The molecule has 0 fully saturated rings. The highest BCUT2D eigenvalue weighted by Crippen LogP contribution is 1.95. The third kappa shape index (κ3) is 47.9. The van der Waals surface area contributed by atoms with Crippen LogP contribution in [0.4, 0.5) is 8.78 Å². The van der Waals surface area contributed by atoms with Gasteiger partial charge in [-0.1, -0.05) is 0 Å². The van der Waals surface area contributed by atoms with E-state index < -0.39 is 11.6 Å². The van der Waals surface area contributed by atoms with Crippen LogP contribution in [0.1, 0.15) is 0 Å². The van der Waals surface area contributed by atoms with Gasteiger partial charge in [0.15, 0.2) is 0 Å². The van der Waals surface area contributed by atoms with Crippen molar-refractivity contribution in [3.8, 4) is 0 Å². The predicted octanol–water partition coefficient (Wildman–Crippen LogP) is 3.14. The third-order valence-corrected chi connectivity index (χ3v) is 0.672. The molecule has 0 bridgehead atoms. The average molecular weight is 302 g/mol. The van der Waals surface area contributed by atoms with E-state index in [1.165, 1.54) is 0 Å². The lowest BCUT2D eigenvalue weighted by Crippen LogP contribution is -1.78. The molecule has 1 heterocycles. The van der Waals surface area contributed by atoms with Gasteiger partial charge in [-0.3, -0.25) is 4.98 Å². The fourth-order valence-corrected chi connectivity index (χ4v) is 0.386. The summed E-state index contributed by atoms with van der Waals surface area (Å²) in [6.45, 7) is 0. The zero-order valence-corrected chi connectivity index (χ0v) is 11.7. The number of hydrogen-bond donors (Lipinski definition) is 11. The SMILES string of the molecule is Fc1cncc(F)c1.N.N.N.N.N.N.N.N.N.N.N. The van der Waals surface area contributed by atoms with Crippen LogP contribution in [-0.2, 0) is 0 Å². The first-order valence-corrected chi connectivity index (χ1v) is 2.05. The van der Waals surface area contributed by atoms with Gasteiger partial charge in [-0.25, -0.2) is 8.78 Å². The van der Waals surface area contributed by atoms with Gasteiger partial charge in [0.1, 0.15) is 11.6 Å². The standard InChI is InChI=1S/C5H3F2N.11H3N/c6-4-1-5(7)3-8-2-4;;;;;;;;;;;/h1-3H;11*1H3. The Hall–Kier alpha value is -1.43. The minimum absolute atomic E-state index is 0. The maximum atomic E-state index is 11.9. The quantitative estimate of drug-likeness (QED) is 0.328. The fraction of sp³-hybridized carbons (Fsp3) is 0. The van der Waals surface area contributed by atoms with Crippen molar-refractivity contribution in [1.29, 1.82) is 0 Å². The van der Waals surface area contributed by atoms with Crippen molar-refractivity contribution in [3.63, 3.8) is 0 Å². The number of halogens is 2. The van der Waals surface area contributed by atoms with Gasteiger partial charge < -0.3 is 67.7 Å². The van der Waals surface area contributed by atoms with Crippen LogP contribution in [-0.4, -0.2) is 4.98 Å². The Balaban J connectivity index is -0.00000000646. The molecule has 0 saturated carbocycles. The molecule has 0 atom stereocenters. The summed E-state index contributed by atoms with van der Waals surface area (Å²) >= 11 is 0. The lowest BCUT2D eigenvalue weighted by molar-refractivity contribution is 0.573. The molecule has 19 heavy (non-hydrogen) atoms. The molecule has 1 aromatic heterocycles. The number of nitrogens with zero attached hydrogens (tertiary/aromatic N) is 1. The van der Waals surface area contributed by atoms with E-state index in [-0.39, 0.29) is 67.7 Å². The van der Waals surface area contributed by atoms with Gasteiger partial charge in [-0.05, 0) is 0 Å². The lowest BCUT2D eigenvalue weighted by Gasteiger charge is -1.83. The second-order valence-electron chi connectivity index (χ2n) is 1.32. The molecule has 0 spiro atoms. The van der Waals surface area contributed by atoms with Crippen LogP contribution < -0.4 is 67.7 Å². The van der Waals surface area contributed by atoms with Gasteiger partial charge >= 0.3 is 0 Å². The Kier molecular flexibility index (Phi) is 322. The topological polar surface area (TPSA) is 398 Å². The van der Waals surface area contributed by atoms with E-state index in [2.05, 4.69) is 4.98 Å². The van der Waals surface area contributed by atoms with E-state index in [0.29, 0.717) is 0 Å². The highest BCUT2D eigenvalue weighted by atomic mass is 19.1. The largest absolute Gasteiger partial charge is 0.344 e. The van der Waals surface area contributed by atoms with Gasteiger partial charge in [-0.2, -0.15) is 0 Å². The van der Waals surface area contributed by atoms with Gasteiger partial charge in [0.05, 0.1) is 12.4 Å². The average Bonchev–Trinajstić information content (AvgIpc) is 1.64. The molecular weight excluding hydrogens is 266 g/mol. The summed E-state index contributed by atoms with van der Waals surface area (Å²) in [5.74, 6) is -1.30. The van der Waals surface area contributed by atoms with Crippen LogP contribution in [0.25, 0.3) is 0 Å². The van der Waals surface area contributed by atoms with Crippen molar-refractivity contribution in [2.45, 2.75) is 0 Å². The van der Waals surface area contributed by atoms with Crippen molar-refractivity contribution >= 4 is 0 Å². The molecule has 0 radical (unpaired) electrons. The van der Waals surface area contributed by atoms with Crippen LogP contribution in [0.15, 0.2) is 18.5 Å². The van der Waals surface area contributed by atoms with Crippen LogP contribution in [0.2, 0.25) is 0 Å². The maximum absolute atomic E-state index is 11.9. The Morgan fingerprint density at radius 3 is 0.842 bits per heavy atom. The first-order valence-electron chi connectivity index (χ1n) is 2.05. The Bertz CT molecular complexity index is 184. The highest BCUT2D eigenvalue weighted by molar-refractivity contribution is 4.95. The zero-order valence-electron chi connectivity index (χ0n) is 11.7. The second kappa shape index (κ2) is 54.7. The summed E-state index contributed by atoms with van der Waals surface area (Å²) in [6.07, 6.45) is 1.90. The zero-order chi connectivity index (χ0) is 5.98. The van der Waals surface area contributed by atoms with Crippen molar-refractivity contribution < 1.29 is 8.78 Å². The fourth-order valence-electron chi connectivity index (χ4n) is 0.386. The van der Waals surface area contributed by atoms with Crippen LogP contribution in [0.3, 0.4) is 0 Å². The van der Waals surface area contributed by atoms with Gasteiger partial charge in [-0.15, -0.1) is 0 Å². The van der Waals surface area contributed by atoms with E-state index in [9.17, 15) is 8.78 Å². The minimum atomic E-state index is -0.648. The lowest BCUT2D eigenvalue weighted by atomic mass is 10.5. The maximum Gasteiger partial charge on any atom is 0.144 e. The molecule has 0 amide bonds. The second-order valence-corrected chi connectivity index (χ2v) is 1.32. The Labute approximate surface area is 112 Å². The van der Waals surface area contributed by atoms with E-state index >= 15 is 0 Å². The molecule has 0 unspecified atom stereocenters. The number of aromatic nitrogens is 1. The Morgan fingerprint density at radius 1 is 0.526 bits per heavy atom. The number of pyridine rings is 1. The van der Waals surface area contributed by atoms with Crippen LogP contribution in [0, 0.1) is 11.6 Å². The van der Waals surface area contributed by atoms with Crippen molar-refractivity contribution in [2.75, 3.05) is 0 Å². The van der Waals surface area contributed by atoms with Gasteiger partial charge in [0.2, 0.25) is 0 Å². The Morgan fingerprint density at radius 2 is 0.737 bits per heavy atom. The smallest absolute Gasteiger partial charge is 0.144 e.